The van der Waals surface area contributed by atoms with E-state index in [0.717, 1.165) is 32.1 Å². The monoisotopic (exact) mass is 287 g/mol. The third kappa shape index (κ3) is 2.72. The number of imide groups is 1. The number of hydrogen-bond acceptors (Lipinski definition) is 3. The first-order valence-corrected chi connectivity index (χ1v) is 7.82. The summed E-state index contributed by atoms with van der Waals surface area (Å²) in [5, 5.41) is 9.96. The molecule has 2 aliphatic rings. The molecular weight excluding hydrogens is 266 g/mol. The van der Waals surface area contributed by atoms with E-state index in [9.17, 15) is 14.7 Å². The Balaban J connectivity index is 1.57. The Hall–Kier alpha value is -1.68. The molecule has 1 heterocycles. The van der Waals surface area contributed by atoms with Crippen LogP contribution in [0.5, 0.6) is 0 Å². The summed E-state index contributed by atoms with van der Waals surface area (Å²) in [5.74, 6) is -0.0338. The number of hydrogen-bond donors (Lipinski definition) is 1. The van der Waals surface area contributed by atoms with E-state index < -0.39 is 0 Å². The Labute approximate surface area is 124 Å². The molecule has 1 aliphatic carbocycles. The van der Waals surface area contributed by atoms with Gasteiger partial charge in [0.2, 0.25) is 0 Å². The third-order valence-corrected chi connectivity index (χ3v) is 4.70. The Bertz CT molecular complexity index is 520. The van der Waals surface area contributed by atoms with Crippen LogP contribution in [0.3, 0.4) is 0 Å². The first kappa shape index (κ1) is 14.3. The Morgan fingerprint density at radius 1 is 1.05 bits per heavy atom. The van der Waals surface area contributed by atoms with Crippen LogP contribution in [-0.2, 0) is 0 Å². The summed E-state index contributed by atoms with van der Waals surface area (Å²) in [6, 6.07) is 6.98. The summed E-state index contributed by atoms with van der Waals surface area (Å²) in [6.45, 7) is 0.454. The fraction of sp³-hybridized carbons (Fsp3) is 0.529. The Morgan fingerprint density at radius 3 is 2.29 bits per heavy atom. The summed E-state index contributed by atoms with van der Waals surface area (Å²) < 4.78 is 0. The van der Waals surface area contributed by atoms with Gasteiger partial charge < -0.3 is 5.11 Å². The molecule has 3 rings (SSSR count). The number of aliphatic hydroxyl groups is 1. The number of amides is 2. The van der Waals surface area contributed by atoms with Gasteiger partial charge in [-0.25, -0.2) is 0 Å². The molecule has 2 amide bonds. The second-order valence-corrected chi connectivity index (χ2v) is 6.06. The largest absolute Gasteiger partial charge is 0.393 e. The maximum Gasteiger partial charge on any atom is 0.261 e. The van der Waals surface area contributed by atoms with Gasteiger partial charge in [-0.1, -0.05) is 25.0 Å². The van der Waals surface area contributed by atoms with Gasteiger partial charge in [0, 0.05) is 6.54 Å². The Kier molecular flexibility index (Phi) is 4.06. The molecule has 4 nitrogen and oxygen atoms in total. The Morgan fingerprint density at radius 2 is 1.67 bits per heavy atom. The van der Waals surface area contributed by atoms with E-state index in [1.54, 1.807) is 24.3 Å². The van der Waals surface area contributed by atoms with Crippen molar-refractivity contribution < 1.29 is 14.7 Å². The van der Waals surface area contributed by atoms with Crippen LogP contribution >= 0.6 is 0 Å². The van der Waals surface area contributed by atoms with Crippen LogP contribution in [-0.4, -0.2) is 34.5 Å². The van der Waals surface area contributed by atoms with Crippen LogP contribution in [0.4, 0.5) is 0 Å². The first-order valence-electron chi connectivity index (χ1n) is 7.82. The topological polar surface area (TPSA) is 57.6 Å². The minimum absolute atomic E-state index is 0.181. The predicted octanol–water partition coefficient (Wildman–Crippen LogP) is 2.61. The molecule has 21 heavy (non-hydrogen) atoms. The number of fused-ring (bicyclic) bond motifs is 1. The predicted molar refractivity (Wildman–Crippen MR) is 79.0 cm³/mol. The van der Waals surface area contributed by atoms with Crippen molar-refractivity contribution in [2.45, 2.75) is 44.6 Å². The van der Waals surface area contributed by atoms with Crippen molar-refractivity contribution in [3.8, 4) is 0 Å². The number of aliphatic hydroxyl groups excluding tert-OH is 1. The molecular formula is C17H21NO3. The van der Waals surface area contributed by atoms with Gasteiger partial charge >= 0.3 is 0 Å². The summed E-state index contributed by atoms with van der Waals surface area (Å²) in [7, 11) is 0. The van der Waals surface area contributed by atoms with Crippen molar-refractivity contribution in [2.75, 3.05) is 6.54 Å². The second kappa shape index (κ2) is 5.98. The lowest BCUT2D eigenvalue weighted by Crippen LogP contribution is -2.32. The van der Waals surface area contributed by atoms with Crippen LogP contribution in [0, 0.1) is 5.92 Å². The van der Waals surface area contributed by atoms with Crippen molar-refractivity contribution in [3.63, 3.8) is 0 Å². The van der Waals surface area contributed by atoms with Crippen LogP contribution < -0.4 is 0 Å². The number of benzene rings is 1. The lowest BCUT2D eigenvalue weighted by Gasteiger charge is -2.28. The second-order valence-electron chi connectivity index (χ2n) is 6.06. The number of rotatable bonds is 4. The van der Waals surface area contributed by atoms with Crippen molar-refractivity contribution in [3.05, 3.63) is 35.4 Å². The summed E-state index contributed by atoms with van der Waals surface area (Å²) in [6.07, 6.45) is 5.68. The van der Waals surface area contributed by atoms with Gasteiger partial charge in [0.05, 0.1) is 17.2 Å². The maximum absolute atomic E-state index is 12.2. The van der Waals surface area contributed by atoms with E-state index in [0.29, 0.717) is 23.6 Å². The van der Waals surface area contributed by atoms with Crippen LogP contribution in [0.2, 0.25) is 0 Å². The molecule has 1 aliphatic heterocycles. The molecule has 112 valence electrons. The molecule has 0 unspecified atom stereocenters. The summed E-state index contributed by atoms with van der Waals surface area (Å²) in [4.78, 5) is 25.8. The van der Waals surface area contributed by atoms with Gasteiger partial charge in [0.15, 0.2) is 0 Å². The molecule has 0 radical (unpaired) electrons. The zero-order chi connectivity index (χ0) is 14.8. The molecule has 0 saturated heterocycles. The molecule has 0 spiro atoms. The molecule has 1 fully saturated rings. The van der Waals surface area contributed by atoms with Crippen molar-refractivity contribution in [2.24, 2.45) is 5.92 Å². The van der Waals surface area contributed by atoms with Crippen molar-refractivity contribution >= 4 is 11.8 Å². The van der Waals surface area contributed by atoms with E-state index in [1.807, 2.05) is 0 Å². The number of nitrogens with zero attached hydrogens (tertiary/aromatic N) is 1. The highest BCUT2D eigenvalue weighted by Crippen LogP contribution is 2.29. The van der Waals surface area contributed by atoms with Gasteiger partial charge in [-0.15, -0.1) is 0 Å². The highest BCUT2D eigenvalue weighted by molar-refractivity contribution is 6.21. The smallest absolute Gasteiger partial charge is 0.261 e. The van der Waals surface area contributed by atoms with E-state index >= 15 is 0 Å². The normalized spacial score (nSPS) is 25.3. The average molecular weight is 287 g/mol. The fourth-order valence-electron chi connectivity index (χ4n) is 3.48. The zero-order valence-corrected chi connectivity index (χ0v) is 12.1. The number of carbonyl (C=O) groups excluding carboxylic acids is 2. The highest BCUT2D eigenvalue weighted by atomic mass is 16.3. The highest BCUT2D eigenvalue weighted by Gasteiger charge is 2.34. The van der Waals surface area contributed by atoms with Gasteiger partial charge in [-0.3, -0.25) is 14.5 Å². The van der Waals surface area contributed by atoms with E-state index in [-0.39, 0.29) is 17.9 Å². The van der Waals surface area contributed by atoms with Crippen LogP contribution in [0.15, 0.2) is 24.3 Å². The van der Waals surface area contributed by atoms with Gasteiger partial charge in [-0.2, -0.15) is 0 Å². The van der Waals surface area contributed by atoms with Crippen molar-refractivity contribution in [1.82, 2.24) is 4.90 Å². The fourth-order valence-corrected chi connectivity index (χ4v) is 3.48. The lowest BCUT2D eigenvalue weighted by molar-refractivity contribution is 0.0575. The van der Waals surface area contributed by atoms with Crippen LogP contribution in [0.1, 0.15) is 59.2 Å². The minimum Gasteiger partial charge on any atom is -0.393 e. The van der Waals surface area contributed by atoms with E-state index in [4.69, 9.17) is 0 Å². The molecule has 0 bridgehead atoms. The summed E-state index contributed by atoms with van der Waals surface area (Å²) >= 11 is 0. The van der Waals surface area contributed by atoms with Crippen molar-refractivity contribution in [1.29, 1.82) is 0 Å². The SMILES string of the molecule is O=C1c2ccccc2C(=O)N1CCC[C@@H]1CCCC[C@@H]1O. The summed E-state index contributed by atoms with van der Waals surface area (Å²) in [5.41, 5.74) is 1.03. The molecule has 0 aromatic heterocycles. The lowest BCUT2D eigenvalue weighted by atomic mass is 9.83. The van der Waals surface area contributed by atoms with Gasteiger partial charge in [0.25, 0.3) is 11.8 Å². The van der Waals surface area contributed by atoms with E-state index in [2.05, 4.69) is 0 Å². The number of carbonyl (C=O) groups is 2. The van der Waals surface area contributed by atoms with E-state index in [1.165, 1.54) is 11.3 Å². The van der Waals surface area contributed by atoms with Crippen LogP contribution in [0.25, 0.3) is 0 Å². The van der Waals surface area contributed by atoms with Gasteiger partial charge in [-0.05, 0) is 43.7 Å². The maximum atomic E-state index is 12.2. The molecule has 2 atom stereocenters. The zero-order valence-electron chi connectivity index (χ0n) is 12.1. The molecule has 1 N–H and O–H groups in total. The first-order chi connectivity index (χ1) is 10.2. The van der Waals surface area contributed by atoms with Gasteiger partial charge in [0.1, 0.15) is 0 Å². The molecule has 1 aromatic carbocycles. The third-order valence-electron chi connectivity index (χ3n) is 4.70. The quantitative estimate of drug-likeness (QED) is 0.866. The molecule has 1 aromatic rings. The minimum atomic E-state index is -0.207. The average Bonchev–Trinajstić information content (AvgIpc) is 2.74. The standard InChI is InChI=1S/C17H21NO3/c19-15-10-4-1-6-12(15)7-5-11-18-16(20)13-8-2-3-9-14(13)17(18)21/h2-3,8-9,12,15,19H,1,4-7,10-11H2/t12-,15-/m0/s1. The molecule has 4 heteroatoms. The molecule has 1 saturated carbocycles.